The van der Waals surface area contributed by atoms with Crippen LogP contribution in [0.3, 0.4) is 0 Å². The Morgan fingerprint density at radius 3 is 2.04 bits per heavy atom. The van der Waals surface area contributed by atoms with Crippen LogP contribution in [0.1, 0.15) is 19.3 Å². The van der Waals surface area contributed by atoms with Crippen LogP contribution in [-0.2, 0) is 14.4 Å². The molecule has 4 atom stereocenters. The van der Waals surface area contributed by atoms with Crippen molar-refractivity contribution in [3.05, 3.63) is 54.6 Å². The quantitative estimate of drug-likeness (QED) is 0.835. The highest BCUT2D eigenvalue weighted by Gasteiger charge is 2.60. The third-order valence-electron chi connectivity index (χ3n) is 6.60. The number of amides is 3. The van der Waals surface area contributed by atoms with Crippen LogP contribution in [0.15, 0.2) is 54.6 Å². The van der Waals surface area contributed by atoms with Crippen molar-refractivity contribution >= 4 is 23.4 Å². The fourth-order valence-electron chi connectivity index (χ4n) is 5.35. The van der Waals surface area contributed by atoms with E-state index in [1.165, 1.54) is 4.90 Å². The Kier molecular flexibility index (Phi) is 4.04. The number of carbonyl (C=O) groups excluding carboxylic acids is 3. The summed E-state index contributed by atoms with van der Waals surface area (Å²) in [5.74, 6) is -0.293. The summed E-state index contributed by atoms with van der Waals surface area (Å²) in [5, 5.41) is 2.81. The molecule has 3 amide bonds. The van der Waals surface area contributed by atoms with Crippen molar-refractivity contribution in [2.24, 2.45) is 23.7 Å². The normalized spacial score (nSPS) is 27.9. The monoisotopic (exact) mass is 374 g/mol. The van der Waals surface area contributed by atoms with Crippen LogP contribution in [0.2, 0.25) is 0 Å². The lowest BCUT2D eigenvalue weighted by Gasteiger charge is -2.19. The molecule has 5 heteroatoms. The molecular formula is C23H22N2O3. The van der Waals surface area contributed by atoms with Gasteiger partial charge in [0.2, 0.25) is 17.7 Å². The number of hydrogen-bond donors (Lipinski definition) is 1. The number of nitrogens with one attached hydrogen (secondary N) is 1. The van der Waals surface area contributed by atoms with Crippen molar-refractivity contribution in [2.45, 2.75) is 19.3 Å². The summed E-state index contributed by atoms with van der Waals surface area (Å²) in [5.41, 5.74) is 2.82. The van der Waals surface area contributed by atoms with Gasteiger partial charge in [-0.1, -0.05) is 42.5 Å². The number of hydrogen-bond acceptors (Lipinski definition) is 3. The largest absolute Gasteiger partial charge is 0.325 e. The lowest BCUT2D eigenvalue weighted by atomic mass is 9.81. The maximum Gasteiger partial charge on any atom is 0.244 e. The van der Waals surface area contributed by atoms with Gasteiger partial charge in [-0.25, -0.2) is 0 Å². The van der Waals surface area contributed by atoms with E-state index in [-0.39, 0.29) is 36.1 Å². The number of imide groups is 1. The predicted molar refractivity (Wildman–Crippen MR) is 105 cm³/mol. The Bertz CT molecular complexity index is 910. The van der Waals surface area contributed by atoms with Crippen LogP contribution < -0.4 is 5.32 Å². The van der Waals surface area contributed by atoms with E-state index >= 15 is 0 Å². The minimum atomic E-state index is -0.332. The number of nitrogens with zero attached hydrogens (tertiary/aromatic N) is 1. The Balaban J connectivity index is 1.24. The maximum atomic E-state index is 12.7. The van der Waals surface area contributed by atoms with Gasteiger partial charge in [0.1, 0.15) is 6.54 Å². The third-order valence-corrected chi connectivity index (χ3v) is 6.60. The molecule has 2 bridgehead atoms. The zero-order chi connectivity index (χ0) is 19.3. The minimum absolute atomic E-state index is 0.142. The molecule has 28 heavy (non-hydrogen) atoms. The van der Waals surface area contributed by atoms with E-state index in [1.54, 1.807) is 0 Å². The van der Waals surface area contributed by atoms with E-state index in [1.807, 2.05) is 54.6 Å². The highest BCUT2D eigenvalue weighted by atomic mass is 16.2. The minimum Gasteiger partial charge on any atom is -0.325 e. The van der Waals surface area contributed by atoms with Gasteiger partial charge < -0.3 is 5.32 Å². The molecule has 5 nitrogen and oxygen atoms in total. The zero-order valence-electron chi connectivity index (χ0n) is 15.5. The number of likely N-dealkylation sites (tertiary alicyclic amines) is 1. The van der Waals surface area contributed by atoms with Gasteiger partial charge in [-0.05, 0) is 54.4 Å². The summed E-state index contributed by atoms with van der Waals surface area (Å²) in [6.45, 7) is -0.190. The van der Waals surface area contributed by atoms with E-state index in [4.69, 9.17) is 0 Å². The lowest BCUT2D eigenvalue weighted by Crippen LogP contribution is -2.39. The second-order valence-electron chi connectivity index (χ2n) is 8.14. The summed E-state index contributed by atoms with van der Waals surface area (Å²) in [7, 11) is 0. The van der Waals surface area contributed by atoms with Crippen LogP contribution in [0.25, 0.3) is 11.1 Å². The van der Waals surface area contributed by atoms with Crippen molar-refractivity contribution in [1.82, 2.24) is 4.90 Å². The molecular weight excluding hydrogens is 352 g/mol. The summed E-state index contributed by atoms with van der Waals surface area (Å²) >= 11 is 0. The molecule has 3 fully saturated rings. The first-order chi connectivity index (χ1) is 13.6. The first kappa shape index (κ1) is 17.2. The molecule has 2 saturated carbocycles. The van der Waals surface area contributed by atoms with Crippen molar-refractivity contribution in [2.75, 3.05) is 11.9 Å². The third kappa shape index (κ3) is 2.73. The molecule has 5 rings (SSSR count). The van der Waals surface area contributed by atoms with Gasteiger partial charge in [0.25, 0.3) is 0 Å². The van der Waals surface area contributed by atoms with Crippen molar-refractivity contribution in [3.63, 3.8) is 0 Å². The SMILES string of the molecule is O=C(CN1C(=O)[C@@H]2[C@H]3CC[C@@H](C3)[C@H]2C1=O)Nc1ccc(-c2ccccc2)cc1. The molecule has 1 saturated heterocycles. The van der Waals surface area contributed by atoms with E-state index in [9.17, 15) is 14.4 Å². The van der Waals surface area contributed by atoms with Gasteiger partial charge in [-0.3, -0.25) is 19.3 Å². The Hall–Kier alpha value is -2.95. The van der Waals surface area contributed by atoms with Crippen LogP contribution in [-0.4, -0.2) is 29.2 Å². The molecule has 2 aromatic rings. The van der Waals surface area contributed by atoms with Crippen molar-refractivity contribution < 1.29 is 14.4 Å². The number of rotatable bonds is 4. The predicted octanol–water partition coefficient (Wildman–Crippen LogP) is 3.32. The van der Waals surface area contributed by atoms with Crippen LogP contribution in [0, 0.1) is 23.7 Å². The highest BCUT2D eigenvalue weighted by Crippen LogP contribution is 2.56. The van der Waals surface area contributed by atoms with Gasteiger partial charge in [0.05, 0.1) is 11.8 Å². The highest BCUT2D eigenvalue weighted by molar-refractivity contribution is 6.09. The molecule has 0 unspecified atom stereocenters. The first-order valence-electron chi connectivity index (χ1n) is 9.92. The van der Waals surface area contributed by atoms with E-state index in [0.717, 1.165) is 30.4 Å². The average Bonchev–Trinajstić information content (AvgIpc) is 3.39. The van der Waals surface area contributed by atoms with Crippen molar-refractivity contribution in [3.8, 4) is 11.1 Å². The molecule has 1 N–H and O–H groups in total. The van der Waals surface area contributed by atoms with Crippen LogP contribution in [0.4, 0.5) is 5.69 Å². The van der Waals surface area contributed by atoms with Crippen molar-refractivity contribution in [1.29, 1.82) is 0 Å². The maximum absolute atomic E-state index is 12.7. The van der Waals surface area contributed by atoms with Gasteiger partial charge in [-0.15, -0.1) is 0 Å². The number of benzene rings is 2. The second-order valence-corrected chi connectivity index (χ2v) is 8.14. The Labute approximate surface area is 163 Å². The Morgan fingerprint density at radius 1 is 0.857 bits per heavy atom. The molecule has 1 aliphatic heterocycles. The number of fused-ring (bicyclic) bond motifs is 5. The molecule has 1 heterocycles. The summed E-state index contributed by atoms with van der Waals surface area (Å²) in [6.07, 6.45) is 3.08. The summed E-state index contributed by atoms with van der Waals surface area (Å²) in [6, 6.07) is 17.6. The average molecular weight is 374 g/mol. The van der Waals surface area contributed by atoms with Gasteiger partial charge in [0.15, 0.2) is 0 Å². The van der Waals surface area contributed by atoms with Crippen LogP contribution >= 0.6 is 0 Å². The fraction of sp³-hybridized carbons (Fsp3) is 0.348. The Morgan fingerprint density at radius 2 is 1.43 bits per heavy atom. The smallest absolute Gasteiger partial charge is 0.244 e. The molecule has 0 aromatic heterocycles. The topological polar surface area (TPSA) is 66.5 Å². The molecule has 142 valence electrons. The first-order valence-corrected chi connectivity index (χ1v) is 9.92. The van der Waals surface area contributed by atoms with Gasteiger partial charge in [0, 0.05) is 5.69 Å². The second kappa shape index (κ2) is 6.59. The van der Waals surface area contributed by atoms with E-state index < -0.39 is 0 Å². The number of carbonyl (C=O) groups is 3. The van der Waals surface area contributed by atoms with Gasteiger partial charge >= 0.3 is 0 Å². The molecule has 2 aliphatic carbocycles. The molecule has 2 aromatic carbocycles. The van der Waals surface area contributed by atoms with Gasteiger partial charge in [-0.2, -0.15) is 0 Å². The summed E-state index contributed by atoms with van der Waals surface area (Å²) < 4.78 is 0. The molecule has 0 radical (unpaired) electrons. The van der Waals surface area contributed by atoms with Crippen LogP contribution in [0.5, 0.6) is 0 Å². The van der Waals surface area contributed by atoms with E-state index in [0.29, 0.717) is 17.5 Å². The number of anilines is 1. The summed E-state index contributed by atoms with van der Waals surface area (Å²) in [4.78, 5) is 39.0. The van der Waals surface area contributed by atoms with E-state index in [2.05, 4.69) is 5.32 Å². The molecule has 0 spiro atoms. The fourth-order valence-corrected chi connectivity index (χ4v) is 5.35. The molecule has 3 aliphatic rings. The lowest BCUT2D eigenvalue weighted by molar-refractivity contribution is -0.143. The standard InChI is InChI=1S/C23H22N2O3/c26-19(24-18-10-8-15(9-11-18)14-4-2-1-3-5-14)13-25-22(27)20-16-6-7-17(12-16)21(20)23(25)28/h1-5,8-11,16-17,20-21H,6-7,12-13H2,(H,24,26)/t16-,17-,20+,21+/m0/s1. The zero-order valence-corrected chi connectivity index (χ0v) is 15.5.